The predicted octanol–water partition coefficient (Wildman–Crippen LogP) is 2.00. The average Bonchev–Trinajstić information content (AvgIpc) is 2.66. The second-order valence-corrected chi connectivity index (χ2v) is 6.60. The molecule has 0 aromatic heterocycles. The summed E-state index contributed by atoms with van der Waals surface area (Å²) >= 11 is 0. The zero-order valence-corrected chi connectivity index (χ0v) is 16.4. The zero-order valence-electron chi connectivity index (χ0n) is 16.4. The molecule has 14 heteroatoms. The van der Waals surface area contributed by atoms with Gasteiger partial charge in [0.05, 0.1) is 45.4 Å². The number of nitrogens with zero attached hydrogens (tertiary/aromatic N) is 1. The van der Waals surface area contributed by atoms with Gasteiger partial charge < -0.3 is 18.9 Å². The van der Waals surface area contributed by atoms with Crippen LogP contribution in [0.25, 0.3) is 0 Å². The highest BCUT2D eigenvalue weighted by Crippen LogP contribution is 2.22. The molecule has 180 valence electrons. The van der Waals surface area contributed by atoms with Gasteiger partial charge in [0.1, 0.15) is 13.2 Å². The van der Waals surface area contributed by atoms with Crippen molar-refractivity contribution in [1.29, 1.82) is 0 Å². The molecule has 1 atom stereocenters. The van der Waals surface area contributed by atoms with Crippen molar-refractivity contribution in [3.8, 4) is 0 Å². The van der Waals surface area contributed by atoms with E-state index >= 15 is 0 Å². The molecule has 0 spiro atoms. The number of morpholine rings is 1. The van der Waals surface area contributed by atoms with Crippen molar-refractivity contribution >= 4 is 17.9 Å². The van der Waals surface area contributed by atoms with Crippen LogP contribution in [0.3, 0.4) is 0 Å². The van der Waals surface area contributed by atoms with Crippen LogP contribution in [0.5, 0.6) is 0 Å². The Hall–Kier alpha value is -2.09. The van der Waals surface area contributed by atoms with E-state index in [0.717, 1.165) is 0 Å². The number of hydrogen-bond donors (Lipinski definition) is 0. The molecule has 1 heterocycles. The van der Waals surface area contributed by atoms with Gasteiger partial charge in [0, 0.05) is 13.1 Å². The summed E-state index contributed by atoms with van der Waals surface area (Å²) in [5.41, 5.74) is 0. The van der Waals surface area contributed by atoms with Gasteiger partial charge in [-0.2, -0.15) is 26.3 Å². The molecule has 1 aliphatic rings. The molecule has 1 unspecified atom stereocenters. The first kappa shape index (κ1) is 26.9. The molecule has 0 aliphatic carbocycles. The second kappa shape index (κ2) is 12.7. The smallest absolute Gasteiger partial charge is 0.389 e. The van der Waals surface area contributed by atoms with Crippen molar-refractivity contribution in [2.24, 2.45) is 0 Å². The number of carbonyl (C=O) groups excluding carboxylic acids is 3. The lowest BCUT2D eigenvalue weighted by Gasteiger charge is -2.25. The number of ether oxygens (including phenoxy) is 4. The molecule has 1 fully saturated rings. The molecule has 0 aromatic carbocycles. The Kier molecular flexibility index (Phi) is 11.0. The average molecular weight is 467 g/mol. The van der Waals surface area contributed by atoms with Gasteiger partial charge in [-0.05, 0) is 0 Å². The summed E-state index contributed by atoms with van der Waals surface area (Å²) in [5.74, 6) is -3.28. The molecule has 0 radical (unpaired) electrons. The predicted molar refractivity (Wildman–Crippen MR) is 89.6 cm³/mol. The van der Waals surface area contributed by atoms with Gasteiger partial charge in [0.2, 0.25) is 0 Å². The van der Waals surface area contributed by atoms with Crippen LogP contribution in [0.1, 0.15) is 25.7 Å². The van der Waals surface area contributed by atoms with Gasteiger partial charge >= 0.3 is 30.3 Å². The van der Waals surface area contributed by atoms with E-state index in [9.17, 15) is 40.7 Å². The first-order valence-electron chi connectivity index (χ1n) is 9.28. The van der Waals surface area contributed by atoms with Crippen LogP contribution < -0.4 is 0 Å². The van der Waals surface area contributed by atoms with Crippen LogP contribution in [0.4, 0.5) is 26.3 Å². The van der Waals surface area contributed by atoms with Crippen molar-refractivity contribution in [1.82, 2.24) is 4.90 Å². The third-order valence-corrected chi connectivity index (χ3v) is 3.84. The first-order valence-corrected chi connectivity index (χ1v) is 9.28. The fourth-order valence-corrected chi connectivity index (χ4v) is 2.28. The molecule has 1 rings (SSSR count). The molecule has 0 bridgehead atoms. The number of carbonyl (C=O) groups is 3. The fourth-order valence-electron chi connectivity index (χ4n) is 2.28. The maximum Gasteiger partial charge on any atom is 0.389 e. The number of halogens is 6. The van der Waals surface area contributed by atoms with Crippen molar-refractivity contribution < 1.29 is 59.7 Å². The molecule has 0 saturated carbocycles. The molecule has 0 aromatic rings. The monoisotopic (exact) mass is 467 g/mol. The highest BCUT2D eigenvalue weighted by Gasteiger charge is 2.30. The minimum atomic E-state index is -4.61. The molecule has 0 amide bonds. The van der Waals surface area contributed by atoms with E-state index in [1.807, 2.05) is 0 Å². The highest BCUT2D eigenvalue weighted by molar-refractivity contribution is 5.72. The molecule has 0 N–H and O–H groups in total. The van der Waals surface area contributed by atoms with Crippen LogP contribution in [-0.4, -0.2) is 87.3 Å². The summed E-state index contributed by atoms with van der Waals surface area (Å²) in [6.07, 6.45) is -15.6. The second-order valence-electron chi connectivity index (χ2n) is 6.60. The Morgan fingerprint density at radius 1 is 0.806 bits per heavy atom. The van der Waals surface area contributed by atoms with Gasteiger partial charge in [-0.3, -0.25) is 19.3 Å². The Labute approximate surface area is 173 Å². The maximum absolute atomic E-state index is 12.2. The van der Waals surface area contributed by atoms with Crippen LogP contribution in [-0.2, 0) is 33.3 Å². The highest BCUT2D eigenvalue weighted by atomic mass is 19.4. The summed E-state index contributed by atoms with van der Waals surface area (Å²) in [4.78, 5) is 36.6. The fraction of sp³-hybridized carbons (Fsp3) is 0.824. The van der Waals surface area contributed by atoms with Gasteiger partial charge in [-0.15, -0.1) is 0 Å². The van der Waals surface area contributed by atoms with Crippen LogP contribution in [0.15, 0.2) is 0 Å². The van der Waals surface area contributed by atoms with Crippen LogP contribution in [0.2, 0.25) is 0 Å². The Morgan fingerprint density at radius 2 is 1.29 bits per heavy atom. The Bertz CT molecular complexity index is 590. The molecule has 1 aliphatic heterocycles. The van der Waals surface area contributed by atoms with Gasteiger partial charge in [-0.1, -0.05) is 0 Å². The lowest BCUT2D eigenvalue weighted by atomic mass is 10.3. The largest absolute Gasteiger partial charge is 0.462 e. The minimum absolute atomic E-state index is 0.122. The van der Waals surface area contributed by atoms with Crippen molar-refractivity contribution in [3.63, 3.8) is 0 Å². The maximum atomic E-state index is 12.2. The van der Waals surface area contributed by atoms with E-state index in [1.54, 1.807) is 4.90 Å². The summed E-state index contributed by atoms with van der Waals surface area (Å²) in [5, 5.41) is 0. The molecule has 8 nitrogen and oxygen atoms in total. The van der Waals surface area contributed by atoms with Crippen LogP contribution in [0, 0.1) is 0 Å². The third-order valence-electron chi connectivity index (χ3n) is 3.84. The van der Waals surface area contributed by atoms with E-state index in [4.69, 9.17) is 14.2 Å². The molecule has 1 saturated heterocycles. The quantitative estimate of drug-likeness (QED) is 0.259. The molecular formula is C17H23F6NO7. The standard InChI is InChI=1S/C17H23F6NO7/c18-16(19,20)3-1-13(25)29-10-12(31-14(26)2-4-17(21,22)23)11-30-15(27)9-24-5-7-28-8-6-24/h12H,1-11H2. The van der Waals surface area contributed by atoms with E-state index in [0.29, 0.717) is 26.3 Å². The minimum Gasteiger partial charge on any atom is -0.462 e. The van der Waals surface area contributed by atoms with E-state index in [1.165, 1.54) is 0 Å². The zero-order chi connectivity index (χ0) is 23.5. The summed E-state index contributed by atoms with van der Waals surface area (Å²) in [7, 11) is 0. The Balaban J connectivity index is 2.52. The van der Waals surface area contributed by atoms with E-state index in [2.05, 4.69) is 4.74 Å². The summed E-state index contributed by atoms with van der Waals surface area (Å²) in [6.45, 7) is 0.237. The SMILES string of the molecule is O=C(CCC(F)(F)F)OCC(COC(=O)CN1CCOCC1)OC(=O)CCC(F)(F)F. The number of hydrogen-bond acceptors (Lipinski definition) is 8. The molecule has 31 heavy (non-hydrogen) atoms. The van der Waals surface area contributed by atoms with E-state index in [-0.39, 0.29) is 6.54 Å². The summed E-state index contributed by atoms with van der Waals surface area (Å²) in [6, 6.07) is 0. The first-order chi connectivity index (χ1) is 14.3. The van der Waals surface area contributed by atoms with Gasteiger partial charge in [-0.25, -0.2) is 0 Å². The van der Waals surface area contributed by atoms with Crippen LogP contribution >= 0.6 is 0 Å². The third kappa shape index (κ3) is 14.5. The number of alkyl halides is 6. The van der Waals surface area contributed by atoms with Crippen molar-refractivity contribution in [3.05, 3.63) is 0 Å². The normalized spacial score (nSPS) is 16.5. The number of esters is 3. The van der Waals surface area contributed by atoms with E-state index < -0.39 is 75.3 Å². The van der Waals surface area contributed by atoms with Crippen molar-refractivity contribution in [2.45, 2.75) is 44.1 Å². The lowest BCUT2D eigenvalue weighted by Crippen LogP contribution is -2.41. The van der Waals surface area contributed by atoms with Crippen molar-refractivity contribution in [2.75, 3.05) is 46.1 Å². The summed E-state index contributed by atoms with van der Waals surface area (Å²) < 4.78 is 92.4. The van der Waals surface area contributed by atoms with Gasteiger partial charge in [0.15, 0.2) is 6.10 Å². The molecular weight excluding hydrogens is 444 g/mol. The Morgan fingerprint density at radius 3 is 1.81 bits per heavy atom. The lowest BCUT2D eigenvalue weighted by molar-refractivity contribution is -0.173. The van der Waals surface area contributed by atoms with Gasteiger partial charge in [0.25, 0.3) is 0 Å². The number of rotatable bonds is 11. The topological polar surface area (TPSA) is 91.4 Å².